The number of nitrogens with zero attached hydrogens (tertiary/aromatic N) is 3. The van der Waals surface area contributed by atoms with Crippen LogP contribution in [0.3, 0.4) is 0 Å². The summed E-state index contributed by atoms with van der Waals surface area (Å²) in [5, 5.41) is 6.47. The standard InChI is InChI=1S/C23H29N5O4S/c1-5-16-20(33-14(3)25-16)22(30)27-23-26-17-11-15(21(29)24-4)12-18-19(17)28(23)8-6-9-31-13(2)7-10-32-18/h11-13H,5-10H2,1-4H3,(H,24,29)(H,26,27,30)/t13-/m0/s1. The predicted octanol–water partition coefficient (Wildman–Crippen LogP) is 3.55. The van der Waals surface area contributed by atoms with E-state index in [1.165, 1.54) is 11.3 Å². The molecule has 33 heavy (non-hydrogen) atoms. The first-order valence-corrected chi connectivity index (χ1v) is 12.0. The van der Waals surface area contributed by atoms with Gasteiger partial charge in [0.25, 0.3) is 11.8 Å². The van der Waals surface area contributed by atoms with Gasteiger partial charge in [-0.25, -0.2) is 9.97 Å². The number of carbonyl (C=O) groups is 2. The molecule has 1 aromatic carbocycles. The number of anilines is 1. The molecule has 0 saturated carbocycles. The van der Waals surface area contributed by atoms with E-state index < -0.39 is 0 Å². The van der Waals surface area contributed by atoms with E-state index in [1.807, 2.05) is 25.3 Å². The summed E-state index contributed by atoms with van der Waals surface area (Å²) in [5.74, 6) is 0.512. The van der Waals surface area contributed by atoms with Gasteiger partial charge < -0.3 is 19.4 Å². The number of hydrogen-bond acceptors (Lipinski definition) is 7. The fourth-order valence-electron chi connectivity index (χ4n) is 3.90. The lowest BCUT2D eigenvalue weighted by Crippen LogP contribution is -2.18. The summed E-state index contributed by atoms with van der Waals surface area (Å²) in [5.41, 5.74) is 2.57. The van der Waals surface area contributed by atoms with E-state index in [9.17, 15) is 9.59 Å². The van der Waals surface area contributed by atoms with Crippen molar-refractivity contribution in [2.24, 2.45) is 0 Å². The second-order valence-electron chi connectivity index (χ2n) is 8.00. The molecule has 2 amide bonds. The smallest absolute Gasteiger partial charge is 0.269 e. The molecule has 0 saturated heterocycles. The van der Waals surface area contributed by atoms with Crippen LogP contribution >= 0.6 is 11.3 Å². The van der Waals surface area contributed by atoms with Crippen LogP contribution in [0, 0.1) is 6.92 Å². The zero-order valence-electron chi connectivity index (χ0n) is 19.4. The van der Waals surface area contributed by atoms with Gasteiger partial charge in [-0.3, -0.25) is 14.9 Å². The second-order valence-corrected chi connectivity index (χ2v) is 9.20. The van der Waals surface area contributed by atoms with E-state index in [2.05, 4.69) is 20.6 Å². The first-order chi connectivity index (χ1) is 15.9. The first-order valence-electron chi connectivity index (χ1n) is 11.2. The molecule has 2 N–H and O–H groups in total. The van der Waals surface area contributed by atoms with E-state index >= 15 is 0 Å². The minimum atomic E-state index is -0.239. The summed E-state index contributed by atoms with van der Waals surface area (Å²) in [6.07, 6.45) is 2.22. The quantitative estimate of drug-likeness (QED) is 0.603. The second kappa shape index (κ2) is 9.88. The molecule has 0 bridgehead atoms. The minimum Gasteiger partial charge on any atom is -0.491 e. The number of aryl methyl sites for hydroxylation is 3. The lowest BCUT2D eigenvalue weighted by Gasteiger charge is -2.13. The van der Waals surface area contributed by atoms with Crippen molar-refractivity contribution in [1.29, 1.82) is 0 Å². The topological polar surface area (TPSA) is 107 Å². The van der Waals surface area contributed by atoms with Crippen LogP contribution in [0.5, 0.6) is 5.75 Å². The van der Waals surface area contributed by atoms with Crippen LogP contribution in [0.4, 0.5) is 5.95 Å². The van der Waals surface area contributed by atoms with Crippen molar-refractivity contribution in [2.75, 3.05) is 25.6 Å². The molecule has 10 heteroatoms. The number of hydrogen-bond donors (Lipinski definition) is 2. The molecule has 3 heterocycles. The number of thiazole rings is 1. The normalized spacial score (nSPS) is 16.7. The Kier molecular flexibility index (Phi) is 6.94. The highest BCUT2D eigenvalue weighted by Gasteiger charge is 2.23. The molecule has 0 aliphatic carbocycles. The van der Waals surface area contributed by atoms with E-state index in [1.54, 1.807) is 19.2 Å². The fourth-order valence-corrected chi connectivity index (χ4v) is 4.80. The van der Waals surface area contributed by atoms with Crippen LogP contribution in [-0.4, -0.2) is 52.7 Å². The summed E-state index contributed by atoms with van der Waals surface area (Å²) < 4.78 is 13.9. The zero-order chi connectivity index (χ0) is 23.5. The Labute approximate surface area is 196 Å². The molecule has 4 rings (SSSR count). The molecule has 0 radical (unpaired) electrons. The molecular weight excluding hydrogens is 442 g/mol. The van der Waals surface area contributed by atoms with Crippen LogP contribution in [0.1, 0.15) is 57.4 Å². The third-order valence-electron chi connectivity index (χ3n) is 5.58. The van der Waals surface area contributed by atoms with Crippen molar-refractivity contribution in [2.45, 2.75) is 52.7 Å². The van der Waals surface area contributed by atoms with Gasteiger partial charge in [-0.15, -0.1) is 11.3 Å². The van der Waals surface area contributed by atoms with Crippen LogP contribution in [0.15, 0.2) is 12.1 Å². The Morgan fingerprint density at radius 2 is 2.06 bits per heavy atom. The maximum Gasteiger partial charge on any atom is 0.269 e. The van der Waals surface area contributed by atoms with Gasteiger partial charge in [-0.1, -0.05) is 6.92 Å². The molecule has 1 atom stereocenters. The summed E-state index contributed by atoms with van der Waals surface area (Å²) in [7, 11) is 1.58. The summed E-state index contributed by atoms with van der Waals surface area (Å²) in [4.78, 5) is 35.2. The molecule has 3 aromatic rings. The molecule has 0 unspecified atom stereocenters. The number of ether oxygens (including phenoxy) is 2. The minimum absolute atomic E-state index is 0.0689. The van der Waals surface area contributed by atoms with Crippen molar-refractivity contribution in [3.05, 3.63) is 33.3 Å². The van der Waals surface area contributed by atoms with Crippen molar-refractivity contribution >= 4 is 40.1 Å². The summed E-state index contributed by atoms with van der Waals surface area (Å²) in [6, 6.07) is 3.45. The van der Waals surface area contributed by atoms with Gasteiger partial charge in [0.05, 0.1) is 28.9 Å². The molecule has 1 aliphatic heterocycles. The van der Waals surface area contributed by atoms with Gasteiger partial charge in [0.15, 0.2) is 0 Å². The Morgan fingerprint density at radius 3 is 2.82 bits per heavy atom. The van der Waals surface area contributed by atoms with Gasteiger partial charge >= 0.3 is 0 Å². The Hall–Kier alpha value is -2.98. The number of nitrogens with one attached hydrogen (secondary N) is 2. The molecule has 0 fully saturated rings. The number of carbonyl (C=O) groups excluding carboxylic acids is 2. The highest BCUT2D eigenvalue weighted by atomic mass is 32.1. The average molecular weight is 472 g/mol. The Morgan fingerprint density at radius 1 is 1.24 bits per heavy atom. The molecule has 9 nitrogen and oxygen atoms in total. The first kappa shape index (κ1) is 23.2. The molecule has 1 aliphatic rings. The van der Waals surface area contributed by atoms with Crippen molar-refractivity contribution in [3.63, 3.8) is 0 Å². The molecule has 2 aromatic heterocycles. The van der Waals surface area contributed by atoms with E-state index in [0.29, 0.717) is 53.8 Å². The SMILES string of the molecule is CCc1nc(C)sc1C(=O)Nc1nc2cc(C(=O)NC)cc3c2n1CCCO[C@@H](C)CCO3. The number of amides is 2. The Bertz CT molecular complexity index is 1190. The lowest BCUT2D eigenvalue weighted by molar-refractivity contribution is 0.0485. The van der Waals surface area contributed by atoms with Crippen LogP contribution in [0.25, 0.3) is 11.0 Å². The third kappa shape index (κ3) is 4.86. The van der Waals surface area contributed by atoms with Crippen LogP contribution < -0.4 is 15.4 Å². The predicted molar refractivity (Wildman–Crippen MR) is 127 cm³/mol. The maximum absolute atomic E-state index is 13.1. The third-order valence-corrected chi connectivity index (χ3v) is 6.59. The van der Waals surface area contributed by atoms with Crippen molar-refractivity contribution < 1.29 is 19.1 Å². The Balaban J connectivity index is 1.79. The highest BCUT2D eigenvalue weighted by molar-refractivity contribution is 7.13. The van der Waals surface area contributed by atoms with Gasteiger partial charge in [-0.05, 0) is 38.8 Å². The highest BCUT2D eigenvalue weighted by Crippen LogP contribution is 2.32. The van der Waals surface area contributed by atoms with Crippen LogP contribution in [0.2, 0.25) is 0 Å². The lowest BCUT2D eigenvalue weighted by atomic mass is 10.1. The zero-order valence-corrected chi connectivity index (χ0v) is 20.2. The van der Waals surface area contributed by atoms with E-state index in [-0.39, 0.29) is 17.9 Å². The monoisotopic (exact) mass is 471 g/mol. The number of rotatable bonds is 4. The number of benzene rings is 1. The maximum atomic E-state index is 13.1. The summed E-state index contributed by atoms with van der Waals surface area (Å²) >= 11 is 1.37. The van der Waals surface area contributed by atoms with Crippen molar-refractivity contribution in [3.8, 4) is 5.75 Å². The number of imidazole rings is 1. The molecule has 176 valence electrons. The summed E-state index contributed by atoms with van der Waals surface area (Å²) in [6.45, 7) is 7.51. The van der Waals surface area contributed by atoms with Gasteiger partial charge in [-0.2, -0.15) is 0 Å². The van der Waals surface area contributed by atoms with Crippen LogP contribution in [-0.2, 0) is 17.7 Å². The largest absolute Gasteiger partial charge is 0.491 e. The molecule has 0 spiro atoms. The van der Waals surface area contributed by atoms with Gasteiger partial charge in [0.2, 0.25) is 5.95 Å². The van der Waals surface area contributed by atoms with E-state index in [4.69, 9.17) is 9.47 Å². The van der Waals surface area contributed by atoms with Gasteiger partial charge in [0.1, 0.15) is 16.1 Å². The fraction of sp³-hybridized carbons (Fsp3) is 0.478. The average Bonchev–Trinajstić information content (AvgIpc) is 3.34. The van der Waals surface area contributed by atoms with Gasteiger partial charge in [0, 0.05) is 32.2 Å². The molecular formula is C23H29N5O4S. The van der Waals surface area contributed by atoms with E-state index in [0.717, 1.165) is 29.1 Å². The number of aromatic nitrogens is 3. The van der Waals surface area contributed by atoms with Crippen molar-refractivity contribution in [1.82, 2.24) is 19.9 Å².